The highest BCUT2D eigenvalue weighted by Crippen LogP contribution is 2.17. The van der Waals surface area contributed by atoms with E-state index in [4.69, 9.17) is 9.68 Å². The Kier molecular flexibility index (Phi) is 3.88. The van der Waals surface area contributed by atoms with E-state index in [0.717, 1.165) is 0 Å². The Labute approximate surface area is 117 Å². The lowest BCUT2D eigenvalue weighted by atomic mass is 10.2. The minimum atomic E-state index is -3.71. The number of nitrogens with zero attached hydrogens (tertiary/aromatic N) is 2. The molecule has 0 unspecified atom stereocenters. The van der Waals surface area contributed by atoms with E-state index >= 15 is 0 Å². The van der Waals surface area contributed by atoms with E-state index in [1.54, 1.807) is 26.0 Å². The second-order valence-electron chi connectivity index (χ2n) is 4.28. The van der Waals surface area contributed by atoms with Crippen LogP contribution in [-0.4, -0.2) is 13.4 Å². The van der Waals surface area contributed by atoms with E-state index in [9.17, 15) is 8.42 Å². The summed E-state index contributed by atoms with van der Waals surface area (Å²) in [6, 6.07) is 6.44. The molecule has 104 valence electrons. The Morgan fingerprint density at radius 3 is 2.75 bits per heavy atom. The van der Waals surface area contributed by atoms with Crippen LogP contribution >= 0.6 is 0 Å². The van der Waals surface area contributed by atoms with Gasteiger partial charge in [0.05, 0.1) is 29.3 Å². The van der Waals surface area contributed by atoms with Gasteiger partial charge in [-0.2, -0.15) is 5.26 Å². The molecule has 20 heavy (non-hydrogen) atoms. The molecule has 0 saturated carbocycles. The van der Waals surface area contributed by atoms with Crippen LogP contribution in [0.2, 0.25) is 0 Å². The number of nitrogens with one attached hydrogen (secondary N) is 1. The number of rotatable bonds is 4. The molecule has 1 N–H and O–H groups in total. The van der Waals surface area contributed by atoms with Crippen molar-refractivity contribution >= 4 is 10.0 Å². The first-order valence-corrected chi connectivity index (χ1v) is 7.32. The standard InChI is InChI=1S/C13H13N3O3S/c1-9-3-4-11(6-14)5-12(9)20(17,18)16-8-13-15-7-10(2)19-13/h3-5,7,16H,8H2,1-2H3. The van der Waals surface area contributed by atoms with Gasteiger partial charge in [0.25, 0.3) is 0 Å². The van der Waals surface area contributed by atoms with Gasteiger partial charge >= 0.3 is 0 Å². The van der Waals surface area contributed by atoms with Crippen LogP contribution in [0.1, 0.15) is 22.8 Å². The second-order valence-corrected chi connectivity index (χ2v) is 6.02. The van der Waals surface area contributed by atoms with Crippen molar-refractivity contribution in [1.82, 2.24) is 9.71 Å². The number of aromatic nitrogens is 1. The van der Waals surface area contributed by atoms with Gasteiger partial charge < -0.3 is 4.42 Å². The number of aryl methyl sites for hydroxylation is 2. The minimum absolute atomic E-state index is 0.0353. The van der Waals surface area contributed by atoms with Gasteiger partial charge in [0.2, 0.25) is 15.9 Å². The summed E-state index contributed by atoms with van der Waals surface area (Å²) in [5, 5.41) is 8.84. The predicted octanol–water partition coefficient (Wildman–Crippen LogP) is 1.64. The molecule has 2 aromatic rings. The second kappa shape index (κ2) is 5.45. The predicted molar refractivity (Wildman–Crippen MR) is 71.2 cm³/mol. The normalized spacial score (nSPS) is 11.2. The van der Waals surface area contributed by atoms with Crippen molar-refractivity contribution in [3.63, 3.8) is 0 Å². The van der Waals surface area contributed by atoms with E-state index < -0.39 is 10.0 Å². The molecule has 6 nitrogen and oxygen atoms in total. The van der Waals surface area contributed by atoms with Crippen LogP contribution in [0.25, 0.3) is 0 Å². The minimum Gasteiger partial charge on any atom is -0.445 e. The summed E-state index contributed by atoms with van der Waals surface area (Å²) in [5.41, 5.74) is 0.864. The molecular weight excluding hydrogens is 278 g/mol. The molecule has 1 heterocycles. The fraction of sp³-hybridized carbons (Fsp3) is 0.231. The molecule has 1 aromatic carbocycles. The Bertz CT molecular complexity index is 772. The average Bonchev–Trinajstić information content (AvgIpc) is 2.83. The molecule has 0 aliphatic rings. The van der Waals surface area contributed by atoms with Crippen molar-refractivity contribution < 1.29 is 12.8 Å². The van der Waals surface area contributed by atoms with Crippen LogP contribution in [0.15, 0.2) is 33.7 Å². The lowest BCUT2D eigenvalue weighted by Crippen LogP contribution is -2.24. The van der Waals surface area contributed by atoms with E-state index in [-0.39, 0.29) is 11.4 Å². The lowest BCUT2D eigenvalue weighted by Gasteiger charge is -2.08. The van der Waals surface area contributed by atoms with Crippen molar-refractivity contribution in [3.8, 4) is 6.07 Å². The van der Waals surface area contributed by atoms with Gasteiger partial charge in [-0.25, -0.2) is 18.1 Å². The lowest BCUT2D eigenvalue weighted by molar-refractivity contribution is 0.463. The molecule has 0 bridgehead atoms. The van der Waals surface area contributed by atoms with E-state index in [2.05, 4.69) is 9.71 Å². The highest BCUT2D eigenvalue weighted by molar-refractivity contribution is 7.89. The van der Waals surface area contributed by atoms with Gasteiger partial charge in [-0.15, -0.1) is 0 Å². The summed E-state index contributed by atoms with van der Waals surface area (Å²) in [6.07, 6.45) is 1.52. The largest absolute Gasteiger partial charge is 0.445 e. The number of benzene rings is 1. The molecule has 2 rings (SSSR count). The first-order valence-electron chi connectivity index (χ1n) is 5.84. The maximum absolute atomic E-state index is 12.2. The van der Waals surface area contributed by atoms with Crippen molar-refractivity contribution in [2.24, 2.45) is 0 Å². The van der Waals surface area contributed by atoms with Crippen LogP contribution in [0.4, 0.5) is 0 Å². The van der Waals surface area contributed by atoms with Crippen LogP contribution < -0.4 is 4.72 Å². The number of oxazole rings is 1. The highest BCUT2D eigenvalue weighted by atomic mass is 32.2. The number of hydrogen-bond acceptors (Lipinski definition) is 5. The fourth-order valence-corrected chi connectivity index (χ4v) is 2.92. The van der Waals surface area contributed by atoms with Crippen molar-refractivity contribution in [1.29, 1.82) is 5.26 Å². The molecule has 0 atom stereocenters. The van der Waals surface area contributed by atoms with Crippen LogP contribution in [-0.2, 0) is 16.6 Å². The first-order chi connectivity index (χ1) is 9.42. The Hall–Kier alpha value is -2.17. The molecule has 0 saturated heterocycles. The third-order valence-corrected chi connectivity index (χ3v) is 4.23. The Morgan fingerprint density at radius 1 is 1.40 bits per heavy atom. The maximum Gasteiger partial charge on any atom is 0.241 e. The monoisotopic (exact) mass is 291 g/mol. The summed E-state index contributed by atoms with van der Waals surface area (Å²) < 4.78 is 32.0. The van der Waals surface area contributed by atoms with Gasteiger partial charge in [0.15, 0.2) is 0 Å². The number of nitriles is 1. The SMILES string of the molecule is Cc1cnc(CNS(=O)(=O)c2cc(C#N)ccc2C)o1. The summed E-state index contributed by atoms with van der Waals surface area (Å²) in [6.45, 7) is 3.36. The van der Waals surface area contributed by atoms with E-state index in [1.807, 2.05) is 6.07 Å². The zero-order valence-electron chi connectivity index (χ0n) is 11.0. The topological polar surface area (TPSA) is 96.0 Å². The molecule has 0 spiro atoms. The zero-order chi connectivity index (χ0) is 14.8. The average molecular weight is 291 g/mol. The van der Waals surface area contributed by atoms with Crippen LogP contribution in [0, 0.1) is 25.2 Å². The fourth-order valence-electron chi connectivity index (χ4n) is 1.68. The van der Waals surface area contributed by atoms with Crippen molar-refractivity contribution in [2.45, 2.75) is 25.3 Å². The molecule has 0 aliphatic carbocycles. The molecule has 0 amide bonds. The summed E-state index contributed by atoms with van der Waals surface area (Å²) in [7, 11) is -3.71. The molecule has 0 fully saturated rings. The summed E-state index contributed by atoms with van der Waals surface area (Å²) in [5.74, 6) is 0.905. The Balaban J connectivity index is 2.24. The summed E-state index contributed by atoms with van der Waals surface area (Å²) in [4.78, 5) is 4.01. The third kappa shape index (κ3) is 3.04. The number of sulfonamides is 1. The van der Waals surface area contributed by atoms with Gasteiger partial charge in [-0.3, -0.25) is 0 Å². The molecule has 7 heteroatoms. The van der Waals surface area contributed by atoms with Crippen LogP contribution in [0.5, 0.6) is 0 Å². The van der Waals surface area contributed by atoms with Gasteiger partial charge in [0, 0.05) is 0 Å². The summed E-state index contributed by atoms with van der Waals surface area (Å²) >= 11 is 0. The third-order valence-electron chi connectivity index (χ3n) is 2.69. The van der Waals surface area contributed by atoms with Crippen molar-refractivity contribution in [3.05, 3.63) is 47.2 Å². The zero-order valence-corrected chi connectivity index (χ0v) is 11.9. The smallest absolute Gasteiger partial charge is 0.241 e. The quantitative estimate of drug-likeness (QED) is 0.923. The van der Waals surface area contributed by atoms with E-state index in [0.29, 0.717) is 22.8 Å². The molecule has 1 aromatic heterocycles. The Morgan fingerprint density at radius 2 is 2.15 bits per heavy atom. The van der Waals surface area contributed by atoms with E-state index in [1.165, 1.54) is 12.3 Å². The van der Waals surface area contributed by atoms with Crippen molar-refractivity contribution in [2.75, 3.05) is 0 Å². The molecule has 0 radical (unpaired) electrons. The molecule has 0 aliphatic heterocycles. The molecular formula is C13H13N3O3S. The highest BCUT2D eigenvalue weighted by Gasteiger charge is 2.18. The number of hydrogen-bond donors (Lipinski definition) is 1. The maximum atomic E-state index is 12.2. The van der Waals surface area contributed by atoms with Gasteiger partial charge in [0.1, 0.15) is 5.76 Å². The van der Waals surface area contributed by atoms with Gasteiger partial charge in [-0.1, -0.05) is 6.07 Å². The first kappa shape index (κ1) is 14.2. The van der Waals surface area contributed by atoms with Crippen LogP contribution in [0.3, 0.4) is 0 Å². The van der Waals surface area contributed by atoms with Gasteiger partial charge in [-0.05, 0) is 31.5 Å².